The number of benzene rings is 2. The number of fused-ring (bicyclic) bond motifs is 4. The summed E-state index contributed by atoms with van der Waals surface area (Å²) in [5.74, 6) is 3.36. The molecule has 2 bridgehead atoms. The highest BCUT2D eigenvalue weighted by molar-refractivity contribution is 5.99. The van der Waals surface area contributed by atoms with Crippen molar-refractivity contribution in [2.24, 2.45) is 5.92 Å². The molecule has 0 radical (unpaired) electrons. The van der Waals surface area contributed by atoms with Gasteiger partial charge in [-0.25, -0.2) is 0 Å². The summed E-state index contributed by atoms with van der Waals surface area (Å²) in [6.07, 6.45) is 7.94. The summed E-state index contributed by atoms with van der Waals surface area (Å²) in [6, 6.07) is 11.9. The summed E-state index contributed by atoms with van der Waals surface area (Å²) < 4.78 is 0. The molecule has 1 N–H and O–H groups in total. The Kier molecular flexibility index (Phi) is 3.55. The zero-order chi connectivity index (χ0) is 15.8. The molecule has 1 unspecified atom stereocenters. The average molecular weight is 304 g/mol. The second-order valence-corrected chi connectivity index (χ2v) is 6.60. The van der Waals surface area contributed by atoms with Crippen molar-refractivity contribution in [2.45, 2.75) is 18.9 Å². The minimum absolute atomic E-state index is 0.0248. The first kappa shape index (κ1) is 14.3. The third kappa shape index (κ3) is 2.60. The zero-order valence-electron chi connectivity index (χ0n) is 13.1. The van der Waals surface area contributed by atoms with Crippen molar-refractivity contribution in [1.29, 1.82) is 0 Å². The highest BCUT2D eigenvalue weighted by Crippen LogP contribution is 2.28. The fraction of sp³-hybridized carbons (Fsp3) is 0.350. The summed E-state index contributed by atoms with van der Waals surface area (Å²) >= 11 is 0. The Labute approximate surface area is 136 Å². The molecule has 3 heteroatoms. The van der Waals surface area contributed by atoms with Gasteiger partial charge in [-0.05, 0) is 60.8 Å². The fourth-order valence-corrected chi connectivity index (χ4v) is 3.93. The van der Waals surface area contributed by atoms with Gasteiger partial charge in [-0.3, -0.25) is 4.79 Å². The lowest BCUT2D eigenvalue weighted by Crippen LogP contribution is -2.57. The van der Waals surface area contributed by atoms with E-state index in [0.29, 0.717) is 11.5 Å². The number of terminal acetylenes is 1. The van der Waals surface area contributed by atoms with E-state index in [0.717, 1.165) is 22.9 Å². The number of amides is 1. The Morgan fingerprint density at radius 3 is 2.74 bits per heavy atom. The van der Waals surface area contributed by atoms with Crippen LogP contribution in [0, 0.1) is 18.3 Å². The molecule has 0 aromatic heterocycles. The smallest absolute Gasteiger partial charge is 0.251 e. The first-order valence-electron chi connectivity index (χ1n) is 8.27. The van der Waals surface area contributed by atoms with Gasteiger partial charge in [0.25, 0.3) is 5.91 Å². The molecule has 0 saturated carbocycles. The molecule has 3 aliphatic rings. The maximum atomic E-state index is 12.6. The van der Waals surface area contributed by atoms with E-state index in [2.05, 4.69) is 16.1 Å². The molecule has 3 saturated heterocycles. The second kappa shape index (κ2) is 5.72. The number of nitrogens with zero attached hydrogens (tertiary/aromatic N) is 1. The first-order valence-corrected chi connectivity index (χ1v) is 8.27. The van der Waals surface area contributed by atoms with Gasteiger partial charge < -0.3 is 10.2 Å². The van der Waals surface area contributed by atoms with E-state index in [4.69, 9.17) is 6.42 Å². The molecule has 3 fully saturated rings. The van der Waals surface area contributed by atoms with Crippen molar-refractivity contribution in [3.05, 3.63) is 47.5 Å². The lowest BCUT2D eigenvalue weighted by Gasteiger charge is -2.44. The normalized spacial score (nSPS) is 26.0. The lowest BCUT2D eigenvalue weighted by atomic mass is 9.84. The number of piperidine rings is 3. The molecule has 3 aliphatic heterocycles. The number of carbonyl (C=O) groups excluding carboxylic acids is 1. The van der Waals surface area contributed by atoms with Crippen LogP contribution >= 0.6 is 0 Å². The van der Waals surface area contributed by atoms with Gasteiger partial charge in [-0.2, -0.15) is 0 Å². The highest BCUT2D eigenvalue weighted by atomic mass is 16.1. The molecule has 0 aliphatic carbocycles. The molecule has 23 heavy (non-hydrogen) atoms. The predicted molar refractivity (Wildman–Crippen MR) is 92.3 cm³/mol. The molecule has 1 atom stereocenters. The van der Waals surface area contributed by atoms with Crippen molar-refractivity contribution < 1.29 is 4.79 Å². The number of hydrogen-bond acceptors (Lipinski definition) is 2. The van der Waals surface area contributed by atoms with Gasteiger partial charge in [0.2, 0.25) is 0 Å². The molecule has 2 aromatic carbocycles. The summed E-state index contributed by atoms with van der Waals surface area (Å²) in [5.41, 5.74) is 1.58. The van der Waals surface area contributed by atoms with E-state index < -0.39 is 0 Å². The van der Waals surface area contributed by atoms with Crippen molar-refractivity contribution >= 4 is 16.7 Å². The molecular weight excluding hydrogens is 284 g/mol. The van der Waals surface area contributed by atoms with Crippen LogP contribution < -0.4 is 5.32 Å². The largest absolute Gasteiger partial charge is 0.348 e. The Bertz CT molecular complexity index is 797. The molecule has 5 rings (SSSR count). The van der Waals surface area contributed by atoms with Gasteiger partial charge in [-0.15, -0.1) is 6.42 Å². The minimum atomic E-state index is 0.0248. The van der Waals surface area contributed by atoms with Crippen LogP contribution in [-0.2, 0) is 0 Å². The summed E-state index contributed by atoms with van der Waals surface area (Å²) in [6.45, 7) is 3.36. The molecular formula is C20H20N2O. The SMILES string of the molecule is C#Cc1cccc2cc(C(=O)NC3CN4CCC3CC4)ccc12. The zero-order valence-corrected chi connectivity index (χ0v) is 13.1. The first-order chi connectivity index (χ1) is 11.2. The van der Waals surface area contributed by atoms with Gasteiger partial charge in [0.15, 0.2) is 0 Å². The van der Waals surface area contributed by atoms with Crippen molar-refractivity contribution in [2.75, 3.05) is 19.6 Å². The van der Waals surface area contributed by atoms with E-state index in [9.17, 15) is 4.79 Å². The summed E-state index contributed by atoms with van der Waals surface area (Å²) in [4.78, 5) is 15.1. The predicted octanol–water partition coefficient (Wildman–Crippen LogP) is 2.65. The van der Waals surface area contributed by atoms with E-state index >= 15 is 0 Å². The van der Waals surface area contributed by atoms with Gasteiger partial charge in [-0.1, -0.05) is 24.1 Å². The van der Waals surface area contributed by atoms with E-state index in [-0.39, 0.29) is 11.9 Å². The van der Waals surface area contributed by atoms with Crippen LogP contribution in [0.15, 0.2) is 36.4 Å². The van der Waals surface area contributed by atoms with Gasteiger partial charge in [0, 0.05) is 23.7 Å². The fourth-order valence-electron chi connectivity index (χ4n) is 3.93. The van der Waals surface area contributed by atoms with Crippen molar-refractivity contribution in [3.63, 3.8) is 0 Å². The van der Waals surface area contributed by atoms with Crippen LogP contribution in [0.1, 0.15) is 28.8 Å². The van der Waals surface area contributed by atoms with Crippen molar-refractivity contribution in [3.8, 4) is 12.3 Å². The minimum Gasteiger partial charge on any atom is -0.348 e. The quantitative estimate of drug-likeness (QED) is 0.865. The van der Waals surface area contributed by atoms with Crippen LogP contribution in [0.4, 0.5) is 0 Å². The van der Waals surface area contributed by atoms with Gasteiger partial charge >= 0.3 is 0 Å². The average Bonchev–Trinajstić information content (AvgIpc) is 2.61. The monoisotopic (exact) mass is 304 g/mol. The molecule has 116 valence electrons. The van der Waals surface area contributed by atoms with E-state index in [1.807, 2.05) is 36.4 Å². The third-order valence-corrected chi connectivity index (χ3v) is 5.27. The Hall–Kier alpha value is -2.31. The molecule has 2 aromatic rings. The third-order valence-electron chi connectivity index (χ3n) is 5.27. The molecule has 3 nitrogen and oxygen atoms in total. The Morgan fingerprint density at radius 1 is 1.22 bits per heavy atom. The molecule has 3 heterocycles. The summed E-state index contributed by atoms with van der Waals surface area (Å²) in [7, 11) is 0. The number of rotatable bonds is 2. The van der Waals surface area contributed by atoms with Crippen molar-refractivity contribution in [1.82, 2.24) is 10.2 Å². The van der Waals surface area contributed by atoms with Gasteiger partial charge in [0.05, 0.1) is 0 Å². The number of carbonyl (C=O) groups is 1. The van der Waals surface area contributed by atoms with E-state index in [1.165, 1.54) is 25.9 Å². The Morgan fingerprint density at radius 2 is 2.04 bits per heavy atom. The van der Waals surface area contributed by atoms with Gasteiger partial charge in [0.1, 0.15) is 0 Å². The van der Waals surface area contributed by atoms with Crippen LogP contribution in [0.5, 0.6) is 0 Å². The van der Waals surface area contributed by atoms with Crippen LogP contribution in [0.25, 0.3) is 10.8 Å². The van der Waals surface area contributed by atoms with Crippen LogP contribution in [0.3, 0.4) is 0 Å². The summed E-state index contributed by atoms with van der Waals surface area (Å²) in [5, 5.41) is 5.28. The van der Waals surface area contributed by atoms with Crippen LogP contribution in [-0.4, -0.2) is 36.5 Å². The topological polar surface area (TPSA) is 32.3 Å². The standard InChI is InChI=1S/C20H20N2O/c1-2-14-4-3-5-16-12-17(6-7-18(14)16)20(23)21-19-13-22-10-8-15(19)9-11-22/h1,3-7,12,15,19H,8-11,13H2,(H,21,23). The Balaban J connectivity index is 1.57. The molecule has 1 amide bonds. The van der Waals surface area contributed by atoms with Crippen LogP contribution in [0.2, 0.25) is 0 Å². The van der Waals surface area contributed by atoms with E-state index in [1.54, 1.807) is 0 Å². The maximum absolute atomic E-state index is 12.6. The highest BCUT2D eigenvalue weighted by Gasteiger charge is 2.34. The second-order valence-electron chi connectivity index (χ2n) is 6.60. The maximum Gasteiger partial charge on any atom is 0.251 e. The molecule has 0 spiro atoms. The number of hydrogen-bond donors (Lipinski definition) is 1. The lowest BCUT2D eigenvalue weighted by molar-refractivity contribution is 0.0620. The number of nitrogens with one attached hydrogen (secondary N) is 1.